The molecule has 0 saturated carbocycles. The maximum Gasteiger partial charge on any atom is 0.141 e. The molecule has 0 saturated heterocycles. The van der Waals surface area contributed by atoms with Crippen LogP contribution in [0.5, 0.6) is 0 Å². The van der Waals surface area contributed by atoms with Crippen molar-refractivity contribution < 1.29 is 9.21 Å². The predicted octanol–water partition coefficient (Wildman–Crippen LogP) is 5.67. The number of rotatable bonds is 6. The Morgan fingerprint density at radius 2 is 1.64 bits per heavy atom. The molecule has 0 fully saturated rings. The van der Waals surface area contributed by atoms with Crippen molar-refractivity contribution in [3.63, 3.8) is 0 Å². The normalized spacial score (nSPS) is 10.8. The van der Waals surface area contributed by atoms with Crippen LogP contribution in [-0.4, -0.2) is 10.8 Å². The summed E-state index contributed by atoms with van der Waals surface area (Å²) in [5, 5.41) is 0. The molecule has 2 aromatic heterocycles. The van der Waals surface area contributed by atoms with Gasteiger partial charge in [-0.25, -0.2) is 0 Å². The van der Waals surface area contributed by atoms with Crippen LogP contribution in [-0.2, 0) is 17.6 Å². The van der Waals surface area contributed by atoms with E-state index >= 15 is 0 Å². The molecule has 0 atom stereocenters. The SMILES string of the molecule is Cc1cc(-c2ccc(CC(=O)Cc3cccc(-c4ccco4)c3)cc2)ccn1. The van der Waals surface area contributed by atoms with Crippen molar-refractivity contribution in [2.75, 3.05) is 0 Å². The minimum Gasteiger partial charge on any atom is -0.464 e. The largest absolute Gasteiger partial charge is 0.464 e. The van der Waals surface area contributed by atoms with Gasteiger partial charge in [-0.2, -0.15) is 0 Å². The van der Waals surface area contributed by atoms with Crippen molar-refractivity contribution in [2.24, 2.45) is 0 Å². The molecule has 0 amide bonds. The van der Waals surface area contributed by atoms with Crippen LogP contribution in [0, 0.1) is 6.92 Å². The Morgan fingerprint density at radius 3 is 2.39 bits per heavy atom. The summed E-state index contributed by atoms with van der Waals surface area (Å²) in [4.78, 5) is 16.8. The van der Waals surface area contributed by atoms with Crippen molar-refractivity contribution in [1.82, 2.24) is 4.98 Å². The number of hydrogen-bond acceptors (Lipinski definition) is 3. The Labute approximate surface area is 164 Å². The van der Waals surface area contributed by atoms with E-state index in [9.17, 15) is 4.79 Å². The van der Waals surface area contributed by atoms with E-state index < -0.39 is 0 Å². The minimum absolute atomic E-state index is 0.198. The standard InChI is InChI=1S/C25H21NO2/c1-18-14-22(11-12-26-18)21-9-7-19(8-10-21)16-24(27)17-20-4-2-5-23(15-20)25-6-3-13-28-25/h2-15H,16-17H2,1H3. The van der Waals surface area contributed by atoms with Crippen LogP contribution in [0.15, 0.2) is 89.7 Å². The number of pyridine rings is 1. The highest BCUT2D eigenvalue weighted by atomic mass is 16.3. The summed E-state index contributed by atoms with van der Waals surface area (Å²) in [6.45, 7) is 1.98. The summed E-state index contributed by atoms with van der Waals surface area (Å²) >= 11 is 0. The summed E-state index contributed by atoms with van der Waals surface area (Å²) in [6, 6.07) is 24.0. The van der Waals surface area contributed by atoms with Gasteiger partial charge in [0, 0.05) is 30.3 Å². The zero-order chi connectivity index (χ0) is 19.3. The van der Waals surface area contributed by atoms with Gasteiger partial charge in [0.25, 0.3) is 0 Å². The molecular formula is C25H21NO2. The average molecular weight is 367 g/mol. The van der Waals surface area contributed by atoms with Crippen molar-refractivity contribution in [2.45, 2.75) is 19.8 Å². The number of ketones is 1. The molecule has 3 heteroatoms. The molecule has 28 heavy (non-hydrogen) atoms. The first-order chi connectivity index (χ1) is 13.7. The summed E-state index contributed by atoms with van der Waals surface area (Å²) in [5.74, 6) is 1.01. The smallest absolute Gasteiger partial charge is 0.141 e. The number of hydrogen-bond donors (Lipinski definition) is 0. The fraction of sp³-hybridized carbons (Fsp3) is 0.120. The van der Waals surface area contributed by atoms with Gasteiger partial charge in [0.15, 0.2) is 0 Å². The Kier molecular flexibility index (Phi) is 5.16. The topological polar surface area (TPSA) is 43.1 Å². The minimum atomic E-state index is 0.198. The van der Waals surface area contributed by atoms with Crippen LogP contribution in [0.3, 0.4) is 0 Å². The van der Waals surface area contributed by atoms with E-state index in [1.54, 1.807) is 6.26 Å². The summed E-state index contributed by atoms with van der Waals surface area (Å²) in [7, 11) is 0. The molecule has 0 spiro atoms. The first-order valence-corrected chi connectivity index (χ1v) is 9.34. The third-order valence-electron chi connectivity index (χ3n) is 4.72. The van der Waals surface area contributed by atoms with E-state index in [0.29, 0.717) is 12.8 Å². The lowest BCUT2D eigenvalue weighted by Gasteiger charge is -2.06. The summed E-state index contributed by atoms with van der Waals surface area (Å²) in [5.41, 5.74) is 6.29. The van der Waals surface area contributed by atoms with E-state index in [0.717, 1.165) is 39.3 Å². The second-order valence-electron chi connectivity index (χ2n) is 6.95. The van der Waals surface area contributed by atoms with Crippen LogP contribution in [0.4, 0.5) is 0 Å². The molecule has 0 radical (unpaired) electrons. The number of aromatic nitrogens is 1. The highest BCUT2D eigenvalue weighted by molar-refractivity contribution is 5.83. The van der Waals surface area contributed by atoms with Crippen molar-refractivity contribution in [1.29, 1.82) is 0 Å². The van der Waals surface area contributed by atoms with Crippen LogP contribution in [0.25, 0.3) is 22.5 Å². The molecule has 2 aromatic carbocycles. The van der Waals surface area contributed by atoms with Crippen LogP contribution in [0.1, 0.15) is 16.8 Å². The first kappa shape index (κ1) is 17.9. The Hall–Kier alpha value is -3.46. The van der Waals surface area contributed by atoms with Crippen LogP contribution < -0.4 is 0 Å². The number of carbonyl (C=O) groups is 1. The maximum atomic E-state index is 12.5. The molecule has 0 aliphatic carbocycles. The molecule has 138 valence electrons. The van der Waals surface area contributed by atoms with Crippen LogP contribution in [0.2, 0.25) is 0 Å². The van der Waals surface area contributed by atoms with Crippen molar-refractivity contribution in [3.8, 4) is 22.5 Å². The van der Waals surface area contributed by atoms with Gasteiger partial charge < -0.3 is 4.42 Å². The first-order valence-electron chi connectivity index (χ1n) is 9.34. The number of benzene rings is 2. The number of nitrogens with zero attached hydrogens (tertiary/aromatic N) is 1. The Bertz CT molecular complexity index is 1080. The van der Waals surface area contributed by atoms with E-state index in [1.165, 1.54) is 0 Å². The second-order valence-corrected chi connectivity index (χ2v) is 6.95. The van der Waals surface area contributed by atoms with Gasteiger partial charge in [-0.05, 0) is 59.5 Å². The second kappa shape index (κ2) is 8.05. The van der Waals surface area contributed by atoms with Gasteiger partial charge in [-0.3, -0.25) is 9.78 Å². The Morgan fingerprint density at radius 1 is 0.821 bits per heavy atom. The molecule has 0 aliphatic heterocycles. The van der Waals surface area contributed by atoms with E-state index in [1.807, 2.05) is 67.7 Å². The molecule has 4 rings (SSSR count). The quantitative estimate of drug-likeness (QED) is 0.441. The van der Waals surface area contributed by atoms with Crippen LogP contribution >= 0.6 is 0 Å². The zero-order valence-electron chi connectivity index (χ0n) is 15.8. The maximum absolute atomic E-state index is 12.5. The number of furan rings is 1. The van der Waals surface area contributed by atoms with E-state index in [-0.39, 0.29) is 5.78 Å². The third kappa shape index (κ3) is 4.26. The van der Waals surface area contributed by atoms with Crippen molar-refractivity contribution >= 4 is 5.78 Å². The number of Topliss-reactive ketones (excluding diaryl/α,β-unsaturated/α-hetero) is 1. The lowest BCUT2D eigenvalue weighted by Crippen LogP contribution is -2.06. The lowest BCUT2D eigenvalue weighted by atomic mass is 9.99. The van der Waals surface area contributed by atoms with Gasteiger partial charge in [0.1, 0.15) is 11.5 Å². The van der Waals surface area contributed by atoms with Crippen molar-refractivity contribution in [3.05, 3.63) is 102 Å². The average Bonchev–Trinajstić information content (AvgIpc) is 3.24. The molecule has 0 aliphatic rings. The molecule has 3 nitrogen and oxygen atoms in total. The summed E-state index contributed by atoms with van der Waals surface area (Å²) < 4.78 is 5.44. The lowest BCUT2D eigenvalue weighted by molar-refractivity contribution is -0.117. The molecular weight excluding hydrogens is 346 g/mol. The van der Waals surface area contributed by atoms with Gasteiger partial charge in [-0.15, -0.1) is 0 Å². The Balaban J connectivity index is 1.42. The van der Waals surface area contributed by atoms with Gasteiger partial charge >= 0.3 is 0 Å². The van der Waals surface area contributed by atoms with E-state index in [2.05, 4.69) is 23.2 Å². The molecule has 0 bridgehead atoms. The molecule has 4 aromatic rings. The molecule has 0 N–H and O–H groups in total. The fourth-order valence-corrected chi connectivity index (χ4v) is 3.34. The predicted molar refractivity (Wildman–Crippen MR) is 111 cm³/mol. The fourth-order valence-electron chi connectivity index (χ4n) is 3.34. The van der Waals surface area contributed by atoms with Gasteiger partial charge in [0.2, 0.25) is 0 Å². The monoisotopic (exact) mass is 367 g/mol. The number of aryl methyl sites for hydroxylation is 1. The van der Waals surface area contributed by atoms with Gasteiger partial charge in [-0.1, -0.05) is 42.5 Å². The highest BCUT2D eigenvalue weighted by Gasteiger charge is 2.08. The summed E-state index contributed by atoms with van der Waals surface area (Å²) in [6.07, 6.45) is 4.32. The molecule has 2 heterocycles. The highest BCUT2D eigenvalue weighted by Crippen LogP contribution is 2.22. The zero-order valence-corrected chi connectivity index (χ0v) is 15.8. The van der Waals surface area contributed by atoms with E-state index in [4.69, 9.17) is 4.42 Å². The van der Waals surface area contributed by atoms with Gasteiger partial charge in [0.05, 0.1) is 6.26 Å². The molecule has 0 unspecified atom stereocenters. The third-order valence-corrected chi connectivity index (χ3v) is 4.72. The number of carbonyl (C=O) groups excluding carboxylic acids is 1.